The number of hydrogen-bond donors (Lipinski definition) is 2. The molecular weight excluding hydrogens is 573 g/mol. The summed E-state index contributed by atoms with van der Waals surface area (Å²) in [7, 11) is -4.69. The molecule has 13 heteroatoms. The minimum absolute atomic E-state index is 0.0665. The number of nitrogens with zero attached hydrogens (tertiary/aromatic N) is 2. The fourth-order valence-electron chi connectivity index (χ4n) is 3.95. The molecule has 1 saturated heterocycles. The van der Waals surface area contributed by atoms with Gasteiger partial charge in [0.05, 0.1) is 6.61 Å². The van der Waals surface area contributed by atoms with E-state index in [0.29, 0.717) is 5.56 Å². The average molecular weight is 619 g/mol. The van der Waals surface area contributed by atoms with Gasteiger partial charge in [-0.1, -0.05) is 59.7 Å². The topological polar surface area (TPSA) is 144 Å². The van der Waals surface area contributed by atoms with Crippen LogP contribution in [0, 0.1) is 0 Å². The van der Waals surface area contributed by atoms with Crippen molar-refractivity contribution >= 4 is 34.5 Å². The van der Waals surface area contributed by atoms with Crippen LogP contribution in [0.15, 0.2) is 47.4 Å². The van der Waals surface area contributed by atoms with Crippen molar-refractivity contribution in [2.45, 2.75) is 102 Å². The molecule has 2 heterocycles. The summed E-state index contributed by atoms with van der Waals surface area (Å²) in [6.45, 7) is 21.1. The summed E-state index contributed by atoms with van der Waals surface area (Å²) in [6.07, 6.45) is -3.03. The maximum absolute atomic E-state index is 13.4. The van der Waals surface area contributed by atoms with Crippen molar-refractivity contribution in [3.63, 3.8) is 0 Å². The predicted octanol–water partition coefficient (Wildman–Crippen LogP) is 5.27. The summed E-state index contributed by atoms with van der Waals surface area (Å²) in [6, 6.07) is 10.1. The number of ether oxygens (including phenoxy) is 2. The van der Waals surface area contributed by atoms with Gasteiger partial charge in [0.25, 0.3) is 5.91 Å². The lowest BCUT2D eigenvalue weighted by atomic mass is 10.1. The Labute approximate surface area is 250 Å². The van der Waals surface area contributed by atoms with Crippen molar-refractivity contribution < 1.29 is 27.9 Å². The fraction of sp³-hybridized carbons (Fsp3) is 0.586. The highest BCUT2D eigenvalue weighted by molar-refractivity contribution is 6.74. The van der Waals surface area contributed by atoms with Crippen molar-refractivity contribution in [3.05, 3.63) is 58.6 Å². The number of primary amides is 1. The summed E-state index contributed by atoms with van der Waals surface area (Å²) in [4.78, 5) is 42.1. The normalized spacial score (nSPS) is 21.7. The lowest BCUT2D eigenvalue weighted by Gasteiger charge is -2.40. The molecule has 3 N–H and O–H groups in total. The number of nitrogens with one attached hydrogen (secondary N) is 1. The fourth-order valence-corrected chi connectivity index (χ4v) is 6.24. The number of benzene rings is 1. The third kappa shape index (κ3) is 7.75. The molecule has 1 aromatic carbocycles. The minimum Gasteiger partial charge on any atom is -0.441 e. The van der Waals surface area contributed by atoms with E-state index in [-0.39, 0.29) is 22.5 Å². The van der Waals surface area contributed by atoms with Crippen LogP contribution >= 0.6 is 0 Å². The number of hydrogen-bond acceptors (Lipinski definition) is 8. The van der Waals surface area contributed by atoms with Gasteiger partial charge in [0.1, 0.15) is 18.0 Å². The largest absolute Gasteiger partial charge is 0.441 e. The Morgan fingerprint density at radius 2 is 1.57 bits per heavy atom. The Hall–Kier alpha value is -2.85. The summed E-state index contributed by atoms with van der Waals surface area (Å²) in [5.74, 6) is -0.304. The molecule has 42 heavy (non-hydrogen) atoms. The monoisotopic (exact) mass is 618 g/mol. The highest BCUT2D eigenvalue weighted by atomic mass is 28.4. The summed E-state index contributed by atoms with van der Waals surface area (Å²) in [5, 5.41) is 2.39. The van der Waals surface area contributed by atoms with Crippen LogP contribution in [0.4, 0.5) is 10.6 Å². The SMILES string of the molecule is CC(C)(C)[Si](C)(C)OCC1OC(n2ccc(NC(=O)c3ccccc3)nc2=O)C(O[Si](C)(C)C(C)(C)C)C1OC(N)=O. The van der Waals surface area contributed by atoms with Crippen LogP contribution in [-0.4, -0.2) is 63.1 Å². The van der Waals surface area contributed by atoms with Gasteiger partial charge in [-0.2, -0.15) is 4.98 Å². The zero-order chi connectivity index (χ0) is 31.7. The van der Waals surface area contributed by atoms with Crippen molar-refractivity contribution in [3.8, 4) is 0 Å². The predicted molar refractivity (Wildman–Crippen MR) is 166 cm³/mol. The molecule has 1 fully saturated rings. The second-order valence-corrected chi connectivity index (χ2v) is 23.3. The van der Waals surface area contributed by atoms with E-state index >= 15 is 0 Å². The molecule has 3 rings (SSSR count). The molecule has 1 aliphatic rings. The van der Waals surface area contributed by atoms with Crippen LogP contribution in [0.3, 0.4) is 0 Å². The van der Waals surface area contributed by atoms with E-state index in [0.717, 1.165) is 0 Å². The first kappa shape index (κ1) is 33.7. The number of nitrogens with two attached hydrogens (primary N) is 1. The van der Waals surface area contributed by atoms with E-state index in [1.54, 1.807) is 30.3 Å². The molecule has 2 amide bonds. The second-order valence-electron chi connectivity index (χ2n) is 13.7. The summed E-state index contributed by atoms with van der Waals surface area (Å²) < 4.78 is 26.5. The van der Waals surface area contributed by atoms with Crippen molar-refractivity contribution in [1.29, 1.82) is 0 Å². The number of amides is 2. The Kier molecular flexibility index (Phi) is 9.94. The van der Waals surface area contributed by atoms with E-state index in [1.807, 2.05) is 0 Å². The lowest BCUT2D eigenvalue weighted by Crippen LogP contribution is -2.51. The van der Waals surface area contributed by atoms with Crippen LogP contribution in [0.2, 0.25) is 36.3 Å². The molecule has 0 radical (unpaired) electrons. The molecule has 0 bridgehead atoms. The average Bonchev–Trinajstić information content (AvgIpc) is 3.17. The molecular formula is C29H46N4O7Si2. The lowest BCUT2D eigenvalue weighted by molar-refractivity contribution is -0.0517. The Morgan fingerprint density at radius 1 is 0.976 bits per heavy atom. The van der Waals surface area contributed by atoms with Gasteiger partial charge in [-0.3, -0.25) is 9.36 Å². The first-order valence-corrected chi connectivity index (χ1v) is 19.9. The maximum atomic E-state index is 13.4. The Balaban J connectivity index is 1.99. The highest BCUT2D eigenvalue weighted by Gasteiger charge is 2.53. The number of anilines is 1. The van der Waals surface area contributed by atoms with Crippen molar-refractivity contribution in [2.75, 3.05) is 11.9 Å². The molecule has 0 spiro atoms. The molecule has 0 saturated carbocycles. The van der Waals surface area contributed by atoms with Crippen LogP contribution < -0.4 is 16.7 Å². The standard InChI is InChI=1S/C29H46N4O7Si2/c1-28(2,3)41(7,8)37-18-20-22(39-26(30)35)23(40-42(9,10)29(4,5)6)25(38-20)33-17-16-21(32-27(33)36)31-24(34)19-14-12-11-13-15-19/h11-17,20,22-23,25H,18H2,1-10H3,(H2,30,35)(H,31,32,34,36). The van der Waals surface area contributed by atoms with Crippen LogP contribution in [0.5, 0.6) is 0 Å². The molecule has 0 aliphatic carbocycles. The van der Waals surface area contributed by atoms with Gasteiger partial charge in [0, 0.05) is 11.8 Å². The summed E-state index contributed by atoms with van der Waals surface area (Å²) in [5.41, 5.74) is 5.28. The molecule has 2 aromatic rings. The highest BCUT2D eigenvalue weighted by Crippen LogP contribution is 2.43. The first-order chi connectivity index (χ1) is 19.2. The zero-order valence-electron chi connectivity index (χ0n) is 26.4. The smallest absolute Gasteiger partial charge is 0.404 e. The van der Waals surface area contributed by atoms with Gasteiger partial charge in [-0.15, -0.1) is 0 Å². The van der Waals surface area contributed by atoms with E-state index in [1.165, 1.54) is 16.8 Å². The van der Waals surface area contributed by atoms with Crippen LogP contribution in [-0.2, 0) is 18.3 Å². The maximum Gasteiger partial charge on any atom is 0.404 e. The van der Waals surface area contributed by atoms with Gasteiger partial charge >= 0.3 is 11.8 Å². The van der Waals surface area contributed by atoms with Gasteiger partial charge in [0.2, 0.25) is 0 Å². The van der Waals surface area contributed by atoms with E-state index in [4.69, 9.17) is 24.1 Å². The minimum atomic E-state index is -2.48. The molecule has 1 aliphatic heterocycles. The van der Waals surface area contributed by atoms with Gasteiger partial charge in [-0.05, 0) is 54.5 Å². The van der Waals surface area contributed by atoms with Gasteiger partial charge in [0.15, 0.2) is 29.0 Å². The second kappa shape index (κ2) is 12.4. The van der Waals surface area contributed by atoms with Gasteiger partial charge < -0.3 is 29.4 Å². The van der Waals surface area contributed by atoms with Gasteiger partial charge in [-0.25, -0.2) is 9.59 Å². The quantitative estimate of drug-likeness (QED) is 0.362. The third-order valence-electron chi connectivity index (χ3n) is 8.57. The third-order valence-corrected chi connectivity index (χ3v) is 17.5. The van der Waals surface area contributed by atoms with Crippen LogP contribution in [0.1, 0.15) is 58.1 Å². The van der Waals surface area contributed by atoms with E-state index < -0.39 is 58.9 Å². The molecule has 4 atom stereocenters. The van der Waals surface area contributed by atoms with Crippen molar-refractivity contribution in [2.24, 2.45) is 5.73 Å². The molecule has 1 aromatic heterocycles. The first-order valence-electron chi connectivity index (χ1n) is 14.1. The molecule has 4 unspecified atom stereocenters. The van der Waals surface area contributed by atoms with E-state index in [9.17, 15) is 14.4 Å². The van der Waals surface area contributed by atoms with Crippen LogP contribution in [0.25, 0.3) is 0 Å². The number of rotatable bonds is 9. The summed E-state index contributed by atoms with van der Waals surface area (Å²) >= 11 is 0. The number of aromatic nitrogens is 2. The van der Waals surface area contributed by atoms with Crippen molar-refractivity contribution in [1.82, 2.24) is 9.55 Å². The Morgan fingerprint density at radius 3 is 2.10 bits per heavy atom. The number of carbonyl (C=O) groups excluding carboxylic acids is 2. The molecule has 232 valence electrons. The zero-order valence-corrected chi connectivity index (χ0v) is 28.4. The van der Waals surface area contributed by atoms with E-state index in [2.05, 4.69) is 78.0 Å². The molecule has 11 nitrogen and oxygen atoms in total. The Bertz CT molecular complexity index is 1320. The number of carbonyl (C=O) groups is 2.